The monoisotopic (exact) mass is 376 g/mol. The molecule has 0 spiro atoms. The molecule has 1 atom stereocenters. The average Bonchev–Trinajstić information content (AvgIpc) is 2.62. The fourth-order valence-electron chi connectivity index (χ4n) is 2.27. The van der Waals surface area contributed by atoms with Gasteiger partial charge in [-0.25, -0.2) is 13.1 Å². The summed E-state index contributed by atoms with van der Waals surface area (Å²) in [7, 11) is -3.57. The largest absolute Gasteiger partial charge is 0.493 e. The van der Waals surface area contributed by atoms with Crippen molar-refractivity contribution in [3.8, 4) is 5.75 Å². The number of benzene rings is 2. The Kier molecular flexibility index (Phi) is 6.76. The zero-order valence-corrected chi connectivity index (χ0v) is 16.0. The van der Waals surface area contributed by atoms with Crippen LogP contribution in [0.25, 0.3) is 0 Å². The van der Waals surface area contributed by atoms with E-state index in [-0.39, 0.29) is 16.8 Å². The van der Waals surface area contributed by atoms with E-state index in [9.17, 15) is 13.2 Å². The Hall–Kier alpha value is -2.38. The van der Waals surface area contributed by atoms with Crippen LogP contribution in [-0.2, 0) is 10.0 Å². The molecule has 140 valence electrons. The number of sulfonamides is 1. The fourth-order valence-corrected chi connectivity index (χ4v) is 3.59. The molecule has 0 unspecified atom stereocenters. The molecule has 0 aliphatic rings. The maximum absolute atomic E-state index is 12.5. The van der Waals surface area contributed by atoms with E-state index in [0.29, 0.717) is 30.0 Å². The first-order chi connectivity index (χ1) is 12.4. The second-order valence-corrected chi connectivity index (χ2v) is 7.55. The van der Waals surface area contributed by atoms with E-state index in [1.807, 2.05) is 20.8 Å². The second kappa shape index (κ2) is 8.82. The molecule has 0 saturated heterocycles. The van der Waals surface area contributed by atoms with Crippen molar-refractivity contribution in [1.29, 1.82) is 0 Å². The van der Waals surface area contributed by atoms with Gasteiger partial charge >= 0.3 is 0 Å². The van der Waals surface area contributed by atoms with Crippen molar-refractivity contribution in [1.82, 2.24) is 4.72 Å². The van der Waals surface area contributed by atoms with Crippen LogP contribution in [0.1, 0.15) is 37.6 Å². The molecular formula is C19H24N2O4S. The molecule has 0 saturated carbocycles. The molecule has 2 aromatic carbocycles. The molecule has 0 bridgehead atoms. The van der Waals surface area contributed by atoms with E-state index in [4.69, 9.17) is 4.74 Å². The highest BCUT2D eigenvalue weighted by Gasteiger charge is 2.17. The minimum Gasteiger partial charge on any atom is -0.493 e. The van der Waals surface area contributed by atoms with Gasteiger partial charge < -0.3 is 10.1 Å². The van der Waals surface area contributed by atoms with Crippen molar-refractivity contribution >= 4 is 21.6 Å². The van der Waals surface area contributed by atoms with Crippen molar-refractivity contribution in [2.24, 2.45) is 0 Å². The van der Waals surface area contributed by atoms with Crippen LogP contribution >= 0.6 is 0 Å². The number of para-hydroxylation sites is 1. The Morgan fingerprint density at radius 3 is 2.35 bits per heavy atom. The third kappa shape index (κ3) is 5.06. The summed E-state index contributed by atoms with van der Waals surface area (Å²) < 4.78 is 32.6. The lowest BCUT2D eigenvalue weighted by molar-refractivity contribution is 0.102. The summed E-state index contributed by atoms with van der Waals surface area (Å²) in [5.41, 5.74) is 0.924. The average molecular weight is 376 g/mol. The maximum atomic E-state index is 12.5. The zero-order valence-electron chi connectivity index (χ0n) is 15.2. The molecule has 0 aromatic heterocycles. The minimum absolute atomic E-state index is 0.144. The van der Waals surface area contributed by atoms with Gasteiger partial charge in [-0.15, -0.1) is 0 Å². The molecule has 6 nitrogen and oxygen atoms in total. The van der Waals surface area contributed by atoms with E-state index in [1.165, 1.54) is 12.1 Å². The molecule has 1 amide bonds. The van der Waals surface area contributed by atoms with Crippen LogP contribution < -0.4 is 14.8 Å². The highest BCUT2D eigenvalue weighted by molar-refractivity contribution is 7.89. The van der Waals surface area contributed by atoms with E-state index in [1.54, 1.807) is 36.4 Å². The Balaban J connectivity index is 2.13. The van der Waals surface area contributed by atoms with Crippen molar-refractivity contribution in [3.63, 3.8) is 0 Å². The van der Waals surface area contributed by atoms with Crippen molar-refractivity contribution < 1.29 is 17.9 Å². The highest BCUT2D eigenvalue weighted by Crippen LogP contribution is 2.20. The Morgan fingerprint density at radius 2 is 1.73 bits per heavy atom. The van der Waals surface area contributed by atoms with Crippen LogP contribution in [0.4, 0.5) is 5.69 Å². The SMILES string of the molecule is CCOc1ccccc1C(=O)Nc1ccc(S(=O)(=O)N[C@@H](C)CC)cc1. The topological polar surface area (TPSA) is 84.5 Å². The van der Waals surface area contributed by atoms with Crippen LogP contribution in [0.3, 0.4) is 0 Å². The van der Waals surface area contributed by atoms with Crippen molar-refractivity contribution in [3.05, 3.63) is 54.1 Å². The van der Waals surface area contributed by atoms with E-state index < -0.39 is 10.0 Å². The van der Waals surface area contributed by atoms with Crippen molar-refractivity contribution in [2.75, 3.05) is 11.9 Å². The Labute approximate surface area is 154 Å². The molecule has 2 rings (SSSR count). The summed E-state index contributed by atoms with van der Waals surface area (Å²) in [5, 5.41) is 2.75. The molecular weight excluding hydrogens is 352 g/mol. The molecule has 0 radical (unpaired) electrons. The first kappa shape index (κ1) is 19.9. The lowest BCUT2D eigenvalue weighted by Crippen LogP contribution is -2.31. The molecule has 0 fully saturated rings. The molecule has 2 aromatic rings. The lowest BCUT2D eigenvalue weighted by atomic mass is 10.2. The smallest absolute Gasteiger partial charge is 0.259 e. The van der Waals surface area contributed by atoms with E-state index in [2.05, 4.69) is 10.0 Å². The van der Waals surface area contributed by atoms with Gasteiger partial charge in [0, 0.05) is 11.7 Å². The number of anilines is 1. The Bertz CT molecular complexity index is 848. The van der Waals surface area contributed by atoms with E-state index >= 15 is 0 Å². The Morgan fingerprint density at radius 1 is 1.08 bits per heavy atom. The maximum Gasteiger partial charge on any atom is 0.259 e. The second-order valence-electron chi connectivity index (χ2n) is 5.84. The molecule has 0 aliphatic heterocycles. The van der Waals surface area contributed by atoms with Crippen LogP contribution in [-0.4, -0.2) is 27.0 Å². The summed E-state index contributed by atoms with van der Waals surface area (Å²) in [6.45, 7) is 6.02. The van der Waals surface area contributed by atoms with Crippen LogP contribution in [0.5, 0.6) is 5.75 Å². The third-order valence-electron chi connectivity index (χ3n) is 3.82. The van der Waals surface area contributed by atoms with Gasteiger partial charge in [-0.05, 0) is 56.7 Å². The van der Waals surface area contributed by atoms with Gasteiger partial charge in [0.15, 0.2) is 0 Å². The van der Waals surface area contributed by atoms with Gasteiger partial charge in [0.25, 0.3) is 5.91 Å². The quantitative estimate of drug-likeness (QED) is 0.739. The number of ether oxygens (including phenoxy) is 1. The number of carbonyl (C=O) groups is 1. The van der Waals surface area contributed by atoms with Crippen LogP contribution in [0.2, 0.25) is 0 Å². The number of carbonyl (C=O) groups excluding carboxylic acids is 1. The molecule has 7 heteroatoms. The molecule has 2 N–H and O–H groups in total. The first-order valence-electron chi connectivity index (χ1n) is 8.53. The van der Waals surface area contributed by atoms with Gasteiger partial charge in [-0.2, -0.15) is 0 Å². The zero-order chi connectivity index (χ0) is 19.2. The summed E-state index contributed by atoms with van der Waals surface area (Å²) in [6, 6.07) is 12.9. The number of amides is 1. The number of hydrogen-bond donors (Lipinski definition) is 2. The number of hydrogen-bond acceptors (Lipinski definition) is 4. The third-order valence-corrected chi connectivity index (χ3v) is 5.43. The molecule has 26 heavy (non-hydrogen) atoms. The normalized spacial score (nSPS) is 12.4. The van der Waals surface area contributed by atoms with Gasteiger partial charge in [0.2, 0.25) is 10.0 Å². The summed E-state index contributed by atoms with van der Waals surface area (Å²) in [6.07, 6.45) is 0.701. The minimum atomic E-state index is -3.57. The van der Waals surface area contributed by atoms with Crippen LogP contribution in [0, 0.1) is 0 Å². The van der Waals surface area contributed by atoms with Gasteiger partial charge in [-0.1, -0.05) is 19.1 Å². The summed E-state index contributed by atoms with van der Waals surface area (Å²) in [4.78, 5) is 12.6. The number of nitrogens with one attached hydrogen (secondary N) is 2. The predicted molar refractivity (Wildman–Crippen MR) is 102 cm³/mol. The standard InChI is InChI=1S/C19H24N2O4S/c1-4-14(3)21-26(23,24)16-12-10-15(11-13-16)20-19(22)17-8-6-7-9-18(17)25-5-2/h6-14,21H,4-5H2,1-3H3,(H,20,22)/t14-/m0/s1. The highest BCUT2D eigenvalue weighted by atomic mass is 32.2. The van der Waals surface area contributed by atoms with Crippen molar-refractivity contribution in [2.45, 2.75) is 38.1 Å². The molecule has 0 aliphatic carbocycles. The lowest BCUT2D eigenvalue weighted by Gasteiger charge is -2.13. The molecule has 0 heterocycles. The summed E-state index contributed by atoms with van der Waals surface area (Å²) >= 11 is 0. The van der Waals surface area contributed by atoms with Gasteiger partial charge in [0.1, 0.15) is 5.75 Å². The predicted octanol–water partition coefficient (Wildman–Crippen LogP) is 3.41. The fraction of sp³-hybridized carbons (Fsp3) is 0.316. The van der Waals surface area contributed by atoms with E-state index in [0.717, 1.165) is 0 Å². The van der Waals surface area contributed by atoms with Gasteiger partial charge in [-0.3, -0.25) is 4.79 Å². The van der Waals surface area contributed by atoms with Gasteiger partial charge in [0.05, 0.1) is 17.1 Å². The van der Waals surface area contributed by atoms with Crippen LogP contribution in [0.15, 0.2) is 53.4 Å². The number of rotatable bonds is 8. The first-order valence-corrected chi connectivity index (χ1v) is 10.0. The summed E-state index contributed by atoms with van der Waals surface area (Å²) in [5.74, 6) is 0.187.